The van der Waals surface area contributed by atoms with Gasteiger partial charge in [0.2, 0.25) is 0 Å². The predicted molar refractivity (Wildman–Crippen MR) is 73.2 cm³/mol. The molecule has 0 saturated carbocycles. The zero-order valence-electron chi connectivity index (χ0n) is 9.93. The number of rotatable bonds is 3. The van der Waals surface area contributed by atoms with E-state index in [1.807, 2.05) is 0 Å². The van der Waals surface area contributed by atoms with E-state index < -0.39 is 17.7 Å². The van der Waals surface area contributed by atoms with Crippen molar-refractivity contribution in [2.75, 3.05) is 5.32 Å². The molecule has 0 atom stereocenters. The normalized spacial score (nSPS) is 10.1. The van der Waals surface area contributed by atoms with Crippen molar-refractivity contribution < 1.29 is 19.1 Å². The van der Waals surface area contributed by atoms with Gasteiger partial charge in [0.15, 0.2) is 0 Å². The molecule has 2 aromatic rings. The number of nitrogens with one attached hydrogen (secondary N) is 1. The molecule has 0 saturated heterocycles. The summed E-state index contributed by atoms with van der Waals surface area (Å²) in [5.41, 5.74) is 0.233. The lowest BCUT2D eigenvalue weighted by Gasteiger charge is -2.05. The Kier molecular flexibility index (Phi) is 4.09. The van der Waals surface area contributed by atoms with Gasteiger partial charge in [0, 0.05) is 11.8 Å². The van der Waals surface area contributed by atoms with Gasteiger partial charge in [-0.2, -0.15) is 0 Å². The third-order valence-electron chi connectivity index (χ3n) is 2.43. The fraction of sp³-hybridized carbons (Fsp3) is 0. The monoisotopic (exact) mass is 338 g/mol. The maximum absolute atomic E-state index is 13.1. The van der Waals surface area contributed by atoms with Crippen LogP contribution in [0.5, 0.6) is 0 Å². The maximum Gasteiger partial charge on any atom is 0.335 e. The Labute approximate surface area is 121 Å². The molecule has 0 aliphatic heterocycles. The Morgan fingerprint density at radius 2 is 1.95 bits per heavy atom. The fourth-order valence-electron chi connectivity index (χ4n) is 1.46. The number of anilines is 1. The molecule has 1 amide bonds. The maximum atomic E-state index is 13.1. The highest BCUT2D eigenvalue weighted by atomic mass is 79.9. The first kappa shape index (κ1) is 14.1. The molecule has 5 nitrogen and oxygen atoms in total. The number of carboxylic acids is 1. The summed E-state index contributed by atoms with van der Waals surface area (Å²) in [6.45, 7) is 0. The molecule has 1 aromatic carbocycles. The van der Waals surface area contributed by atoms with Crippen LogP contribution in [0.3, 0.4) is 0 Å². The SMILES string of the molecule is O=C(O)c1ccnc(NC(=O)c2ccc(F)c(Br)c2)c1. The first-order chi connectivity index (χ1) is 9.47. The van der Waals surface area contributed by atoms with E-state index in [2.05, 4.69) is 26.2 Å². The number of hydrogen-bond acceptors (Lipinski definition) is 3. The first-order valence-electron chi connectivity index (χ1n) is 5.43. The van der Waals surface area contributed by atoms with Gasteiger partial charge in [-0.05, 0) is 46.3 Å². The first-order valence-corrected chi connectivity index (χ1v) is 6.22. The molecule has 0 aliphatic rings. The molecule has 1 aromatic heterocycles. The fourth-order valence-corrected chi connectivity index (χ4v) is 1.84. The summed E-state index contributed by atoms with van der Waals surface area (Å²) in [5.74, 6) is -2.00. The summed E-state index contributed by atoms with van der Waals surface area (Å²) in [6.07, 6.45) is 1.28. The van der Waals surface area contributed by atoms with Crippen molar-refractivity contribution >= 4 is 33.6 Å². The Bertz CT molecular complexity index is 691. The van der Waals surface area contributed by atoms with Crippen molar-refractivity contribution in [3.05, 3.63) is 57.9 Å². The summed E-state index contributed by atoms with van der Waals surface area (Å²) in [5, 5.41) is 11.3. The van der Waals surface area contributed by atoms with Crippen molar-refractivity contribution in [3.8, 4) is 0 Å². The topological polar surface area (TPSA) is 79.3 Å². The van der Waals surface area contributed by atoms with Gasteiger partial charge in [-0.25, -0.2) is 14.2 Å². The molecule has 2 N–H and O–H groups in total. The van der Waals surface area contributed by atoms with Crippen molar-refractivity contribution in [3.63, 3.8) is 0 Å². The van der Waals surface area contributed by atoms with Crippen molar-refractivity contribution in [1.82, 2.24) is 4.98 Å². The second kappa shape index (κ2) is 5.79. The molecule has 0 bridgehead atoms. The molecule has 20 heavy (non-hydrogen) atoms. The van der Waals surface area contributed by atoms with Crippen LogP contribution in [0.15, 0.2) is 41.0 Å². The second-order valence-electron chi connectivity index (χ2n) is 3.82. The molecule has 0 spiro atoms. The number of nitrogens with zero attached hydrogens (tertiary/aromatic N) is 1. The van der Waals surface area contributed by atoms with E-state index in [1.165, 1.54) is 30.5 Å². The summed E-state index contributed by atoms with van der Waals surface area (Å²) in [7, 11) is 0. The highest BCUT2D eigenvalue weighted by Crippen LogP contribution is 2.17. The summed E-state index contributed by atoms with van der Waals surface area (Å²) < 4.78 is 13.2. The lowest BCUT2D eigenvalue weighted by molar-refractivity contribution is 0.0696. The summed E-state index contributed by atoms with van der Waals surface area (Å²) in [6, 6.07) is 6.34. The number of amides is 1. The zero-order valence-corrected chi connectivity index (χ0v) is 11.5. The highest BCUT2D eigenvalue weighted by Gasteiger charge is 2.11. The standard InChI is InChI=1S/C13H8BrFN2O3/c14-9-5-7(1-2-10(9)15)12(18)17-11-6-8(13(19)20)3-4-16-11/h1-6H,(H,19,20)(H,16,17,18). The quantitative estimate of drug-likeness (QED) is 0.901. The van der Waals surface area contributed by atoms with Gasteiger partial charge >= 0.3 is 5.97 Å². The van der Waals surface area contributed by atoms with E-state index in [9.17, 15) is 14.0 Å². The largest absolute Gasteiger partial charge is 0.478 e. The van der Waals surface area contributed by atoms with E-state index in [4.69, 9.17) is 5.11 Å². The second-order valence-corrected chi connectivity index (χ2v) is 4.67. The van der Waals surface area contributed by atoms with E-state index in [0.717, 1.165) is 6.07 Å². The molecule has 0 fully saturated rings. The van der Waals surface area contributed by atoms with Crippen LogP contribution in [0.2, 0.25) is 0 Å². The molecule has 2 rings (SSSR count). The average molecular weight is 339 g/mol. The number of carboxylic acid groups (broad SMARTS) is 1. The van der Waals surface area contributed by atoms with Gasteiger partial charge in [0.25, 0.3) is 5.91 Å². The van der Waals surface area contributed by atoms with Crippen LogP contribution >= 0.6 is 15.9 Å². The van der Waals surface area contributed by atoms with Crippen LogP contribution in [0.1, 0.15) is 20.7 Å². The number of pyridine rings is 1. The van der Waals surface area contributed by atoms with Crippen LogP contribution in [0, 0.1) is 5.82 Å². The van der Waals surface area contributed by atoms with Crippen LogP contribution < -0.4 is 5.32 Å². The molecule has 102 valence electrons. The van der Waals surface area contributed by atoms with Crippen molar-refractivity contribution in [2.45, 2.75) is 0 Å². The van der Waals surface area contributed by atoms with Crippen LogP contribution in [-0.2, 0) is 0 Å². The molecule has 7 heteroatoms. The lowest BCUT2D eigenvalue weighted by Crippen LogP contribution is -2.13. The van der Waals surface area contributed by atoms with Gasteiger partial charge in [-0.15, -0.1) is 0 Å². The number of halogens is 2. The van der Waals surface area contributed by atoms with E-state index >= 15 is 0 Å². The number of aromatic nitrogens is 1. The number of hydrogen-bond donors (Lipinski definition) is 2. The van der Waals surface area contributed by atoms with Crippen molar-refractivity contribution in [1.29, 1.82) is 0 Å². The average Bonchev–Trinajstić information content (AvgIpc) is 2.42. The molecule has 0 aliphatic carbocycles. The summed E-state index contributed by atoms with van der Waals surface area (Å²) in [4.78, 5) is 26.6. The van der Waals surface area contributed by atoms with Gasteiger partial charge in [0.05, 0.1) is 10.0 Å². The number of benzene rings is 1. The van der Waals surface area contributed by atoms with Crippen LogP contribution in [0.25, 0.3) is 0 Å². The number of aromatic carboxylic acids is 1. The number of carbonyl (C=O) groups excluding carboxylic acids is 1. The molecule has 0 radical (unpaired) electrons. The molecular weight excluding hydrogens is 331 g/mol. The Hall–Kier alpha value is -2.28. The van der Waals surface area contributed by atoms with Crippen LogP contribution in [0.4, 0.5) is 10.2 Å². The zero-order chi connectivity index (χ0) is 14.7. The third-order valence-corrected chi connectivity index (χ3v) is 3.04. The van der Waals surface area contributed by atoms with E-state index in [0.29, 0.717) is 0 Å². The molecule has 1 heterocycles. The van der Waals surface area contributed by atoms with Gasteiger partial charge < -0.3 is 10.4 Å². The van der Waals surface area contributed by atoms with Crippen LogP contribution in [-0.4, -0.2) is 22.0 Å². The number of carbonyl (C=O) groups is 2. The van der Waals surface area contributed by atoms with Crippen molar-refractivity contribution in [2.24, 2.45) is 0 Å². The smallest absolute Gasteiger partial charge is 0.335 e. The Balaban J connectivity index is 2.21. The lowest BCUT2D eigenvalue weighted by atomic mass is 10.2. The third kappa shape index (κ3) is 3.18. The Morgan fingerprint density at radius 3 is 2.60 bits per heavy atom. The Morgan fingerprint density at radius 1 is 1.20 bits per heavy atom. The highest BCUT2D eigenvalue weighted by molar-refractivity contribution is 9.10. The minimum absolute atomic E-state index is 0.00980. The molecular formula is C13H8BrFN2O3. The van der Waals surface area contributed by atoms with E-state index in [-0.39, 0.29) is 21.4 Å². The predicted octanol–water partition coefficient (Wildman–Crippen LogP) is 2.93. The molecule has 0 unspecified atom stereocenters. The van der Waals surface area contributed by atoms with E-state index in [1.54, 1.807) is 0 Å². The van der Waals surface area contributed by atoms with Gasteiger partial charge in [0.1, 0.15) is 11.6 Å². The summed E-state index contributed by atoms with van der Waals surface area (Å²) >= 11 is 2.98. The minimum atomic E-state index is -1.12. The minimum Gasteiger partial charge on any atom is -0.478 e. The van der Waals surface area contributed by atoms with Gasteiger partial charge in [-0.3, -0.25) is 4.79 Å². The van der Waals surface area contributed by atoms with Gasteiger partial charge in [-0.1, -0.05) is 0 Å².